The van der Waals surface area contributed by atoms with Gasteiger partial charge in [0.05, 0.1) is 33.7 Å². The SMILES string of the molecule is CCCCCCCCCCCCCCCCCC(=O)OCC(COP(=O)([O-])OCC[N+](C)(C)C)OC(=O)C(CCCCC)CCCCC. The molecule has 0 aromatic rings. The summed E-state index contributed by atoms with van der Waals surface area (Å²) in [5.41, 5.74) is 0. The number of ether oxygens (including phenoxy) is 2. The van der Waals surface area contributed by atoms with Gasteiger partial charge in [0.25, 0.3) is 7.82 Å². The van der Waals surface area contributed by atoms with E-state index in [1.807, 2.05) is 21.1 Å². The molecule has 9 nitrogen and oxygen atoms in total. The summed E-state index contributed by atoms with van der Waals surface area (Å²) >= 11 is 0. The van der Waals surface area contributed by atoms with Crippen LogP contribution in [0.3, 0.4) is 0 Å². The molecule has 0 aliphatic rings. The van der Waals surface area contributed by atoms with Crippen LogP contribution in [0, 0.1) is 5.92 Å². The lowest BCUT2D eigenvalue weighted by Crippen LogP contribution is -2.37. The number of phosphoric acid groups is 1. The molecule has 286 valence electrons. The molecule has 0 rings (SSSR count). The number of esters is 2. The number of quaternary nitrogens is 1. The van der Waals surface area contributed by atoms with E-state index in [-0.39, 0.29) is 37.5 Å². The van der Waals surface area contributed by atoms with Gasteiger partial charge in [-0.2, -0.15) is 0 Å². The highest BCUT2D eigenvalue weighted by Crippen LogP contribution is 2.38. The lowest BCUT2D eigenvalue weighted by atomic mass is 9.95. The molecule has 0 radical (unpaired) electrons. The molecule has 0 N–H and O–H groups in total. The first-order valence-corrected chi connectivity index (χ1v) is 21.2. The Morgan fingerprint density at radius 1 is 0.625 bits per heavy atom. The van der Waals surface area contributed by atoms with Gasteiger partial charge in [0.2, 0.25) is 0 Å². The van der Waals surface area contributed by atoms with Crippen LogP contribution in [0.5, 0.6) is 0 Å². The van der Waals surface area contributed by atoms with Gasteiger partial charge in [-0.1, -0.05) is 149 Å². The molecule has 0 aliphatic heterocycles. The monoisotopic (exact) mass is 706 g/mol. The number of unbranched alkanes of at least 4 members (excludes halogenated alkanes) is 18. The maximum absolute atomic E-state index is 13.2. The maximum Gasteiger partial charge on any atom is 0.309 e. The second-order valence-corrected chi connectivity index (χ2v) is 16.1. The van der Waals surface area contributed by atoms with Crippen LogP contribution in [0.15, 0.2) is 0 Å². The van der Waals surface area contributed by atoms with Crippen molar-refractivity contribution in [1.29, 1.82) is 0 Å². The molecule has 0 aromatic heterocycles. The number of hydrogen-bond donors (Lipinski definition) is 0. The number of likely N-dealkylation sites (N-methyl/N-ethyl adjacent to an activating group) is 1. The molecule has 0 saturated heterocycles. The smallest absolute Gasteiger partial charge is 0.309 e. The van der Waals surface area contributed by atoms with Crippen LogP contribution in [0.4, 0.5) is 0 Å². The van der Waals surface area contributed by atoms with Crippen molar-refractivity contribution in [2.24, 2.45) is 5.92 Å². The van der Waals surface area contributed by atoms with E-state index in [9.17, 15) is 19.0 Å². The summed E-state index contributed by atoms with van der Waals surface area (Å²) in [7, 11) is 1.16. The van der Waals surface area contributed by atoms with E-state index in [4.69, 9.17) is 18.5 Å². The Morgan fingerprint density at radius 2 is 1.06 bits per heavy atom. The number of phosphoric ester groups is 1. The van der Waals surface area contributed by atoms with E-state index in [2.05, 4.69) is 20.8 Å². The van der Waals surface area contributed by atoms with Crippen molar-refractivity contribution >= 4 is 19.8 Å². The number of carbonyl (C=O) groups excluding carboxylic acids is 2. The fraction of sp³-hybridized carbons (Fsp3) is 0.947. The van der Waals surface area contributed by atoms with Crippen molar-refractivity contribution in [1.82, 2.24) is 0 Å². The summed E-state index contributed by atoms with van der Waals surface area (Å²) < 4.78 is 34.3. The number of hydrogen-bond acceptors (Lipinski definition) is 8. The average molecular weight is 706 g/mol. The normalized spacial score (nSPS) is 13.8. The molecule has 0 spiro atoms. The Labute approximate surface area is 295 Å². The number of nitrogens with zero attached hydrogens (tertiary/aromatic N) is 1. The van der Waals surface area contributed by atoms with Crippen LogP contribution in [0.1, 0.15) is 175 Å². The van der Waals surface area contributed by atoms with E-state index in [0.29, 0.717) is 11.0 Å². The highest BCUT2D eigenvalue weighted by atomic mass is 31.2. The lowest BCUT2D eigenvalue weighted by molar-refractivity contribution is -0.870. The quantitative estimate of drug-likeness (QED) is 0.0277. The van der Waals surface area contributed by atoms with Gasteiger partial charge >= 0.3 is 11.9 Å². The van der Waals surface area contributed by atoms with Crippen LogP contribution in [0.25, 0.3) is 0 Å². The first kappa shape index (κ1) is 47.0. The molecule has 48 heavy (non-hydrogen) atoms. The first-order valence-electron chi connectivity index (χ1n) is 19.7. The Balaban J connectivity index is 4.66. The second-order valence-electron chi connectivity index (χ2n) is 14.7. The fourth-order valence-electron chi connectivity index (χ4n) is 5.58. The van der Waals surface area contributed by atoms with Gasteiger partial charge in [-0.05, 0) is 19.3 Å². The van der Waals surface area contributed by atoms with Crippen molar-refractivity contribution < 1.29 is 42.1 Å². The number of carbonyl (C=O) groups is 2. The van der Waals surface area contributed by atoms with E-state index in [1.54, 1.807) is 0 Å². The molecule has 0 bridgehead atoms. The van der Waals surface area contributed by atoms with E-state index in [1.165, 1.54) is 77.0 Å². The molecule has 0 amide bonds. The predicted octanol–water partition coefficient (Wildman–Crippen LogP) is 9.69. The summed E-state index contributed by atoms with van der Waals surface area (Å²) in [6, 6.07) is 0. The first-order chi connectivity index (χ1) is 22.9. The molecule has 0 aliphatic carbocycles. The van der Waals surface area contributed by atoms with Gasteiger partial charge in [-0.3, -0.25) is 14.2 Å². The van der Waals surface area contributed by atoms with Crippen LogP contribution < -0.4 is 4.89 Å². The minimum Gasteiger partial charge on any atom is -0.756 e. The zero-order chi connectivity index (χ0) is 35.9. The molecule has 10 heteroatoms. The zero-order valence-electron chi connectivity index (χ0n) is 32.1. The molecule has 2 unspecified atom stereocenters. The van der Waals surface area contributed by atoms with Gasteiger partial charge < -0.3 is 27.9 Å². The van der Waals surface area contributed by atoms with Crippen LogP contribution >= 0.6 is 7.82 Å². The van der Waals surface area contributed by atoms with Gasteiger partial charge in [0, 0.05) is 6.42 Å². The Morgan fingerprint density at radius 3 is 1.52 bits per heavy atom. The van der Waals surface area contributed by atoms with E-state index < -0.39 is 20.5 Å². The van der Waals surface area contributed by atoms with Gasteiger partial charge in [-0.15, -0.1) is 0 Å². The van der Waals surface area contributed by atoms with Crippen molar-refractivity contribution in [2.75, 3.05) is 47.5 Å². The molecule has 2 atom stereocenters. The third-order valence-corrected chi connectivity index (χ3v) is 9.74. The Hall–Kier alpha value is -0.990. The van der Waals surface area contributed by atoms with Crippen LogP contribution in [-0.4, -0.2) is 70.0 Å². The zero-order valence-corrected chi connectivity index (χ0v) is 33.0. The average Bonchev–Trinajstić information content (AvgIpc) is 3.02. The van der Waals surface area contributed by atoms with Crippen molar-refractivity contribution in [3.05, 3.63) is 0 Å². The Kier molecular flexibility index (Phi) is 30.2. The molecular weight excluding hydrogens is 629 g/mol. The minimum absolute atomic E-state index is 0.0279. The third-order valence-electron chi connectivity index (χ3n) is 8.77. The standard InChI is InChI=1S/C38H76NO8P/c1-7-10-13-14-15-16-17-18-19-20-21-22-23-24-27-30-37(40)44-33-36(34-46-48(42,43)45-32-31-39(4,5)6)47-38(41)35(28-25-11-8-2)29-26-12-9-3/h35-36H,7-34H2,1-6H3. The van der Waals surface area contributed by atoms with Crippen molar-refractivity contribution in [2.45, 2.75) is 181 Å². The summed E-state index contributed by atoms with van der Waals surface area (Å²) in [5, 5.41) is 0. The van der Waals surface area contributed by atoms with Crippen LogP contribution in [-0.2, 0) is 32.7 Å². The van der Waals surface area contributed by atoms with Gasteiger partial charge in [0.1, 0.15) is 19.8 Å². The summed E-state index contributed by atoms with van der Waals surface area (Å²) in [5.74, 6) is -1.04. The summed E-state index contributed by atoms with van der Waals surface area (Å²) in [6.07, 6.45) is 25.5. The van der Waals surface area contributed by atoms with Gasteiger partial charge in [0.15, 0.2) is 6.10 Å². The van der Waals surface area contributed by atoms with E-state index >= 15 is 0 Å². The van der Waals surface area contributed by atoms with E-state index in [0.717, 1.165) is 70.6 Å². The Bertz CT molecular complexity index is 809. The molecule has 0 heterocycles. The maximum atomic E-state index is 13.2. The third kappa shape index (κ3) is 31.0. The van der Waals surface area contributed by atoms with Crippen molar-refractivity contribution in [3.63, 3.8) is 0 Å². The molecule has 0 saturated carbocycles. The highest BCUT2D eigenvalue weighted by molar-refractivity contribution is 7.45. The summed E-state index contributed by atoms with van der Waals surface area (Å²) in [4.78, 5) is 38.2. The highest BCUT2D eigenvalue weighted by Gasteiger charge is 2.26. The lowest BCUT2D eigenvalue weighted by Gasteiger charge is -2.28. The minimum atomic E-state index is -4.63. The summed E-state index contributed by atoms with van der Waals surface area (Å²) in [6.45, 7) is 6.24. The van der Waals surface area contributed by atoms with Gasteiger partial charge in [-0.25, -0.2) is 0 Å². The predicted molar refractivity (Wildman–Crippen MR) is 195 cm³/mol. The largest absolute Gasteiger partial charge is 0.756 e. The topological polar surface area (TPSA) is 111 Å². The van der Waals surface area contributed by atoms with Crippen LogP contribution in [0.2, 0.25) is 0 Å². The van der Waals surface area contributed by atoms with Crippen molar-refractivity contribution in [3.8, 4) is 0 Å². The molecule has 0 aromatic carbocycles. The molecule has 0 fully saturated rings. The second kappa shape index (κ2) is 30.8. The fourth-order valence-corrected chi connectivity index (χ4v) is 6.30. The number of rotatable bonds is 35. The molecular formula is C38H76NO8P.